The van der Waals surface area contributed by atoms with Crippen molar-refractivity contribution >= 4 is 0 Å². The lowest BCUT2D eigenvalue weighted by Crippen LogP contribution is -2.45. The van der Waals surface area contributed by atoms with E-state index in [4.69, 9.17) is 5.73 Å². The lowest BCUT2D eigenvalue weighted by atomic mass is 9.56. The minimum atomic E-state index is -1.38. The van der Waals surface area contributed by atoms with Gasteiger partial charge in [-0.1, -0.05) is 26.8 Å². The molecule has 0 unspecified atom stereocenters. The summed E-state index contributed by atoms with van der Waals surface area (Å²) in [7, 11) is 0. The van der Waals surface area contributed by atoms with Crippen LogP contribution >= 0.6 is 0 Å². The van der Waals surface area contributed by atoms with Crippen LogP contribution in [0.1, 0.15) is 40.0 Å². The Hall–Kier alpha value is -2.25. The van der Waals surface area contributed by atoms with Gasteiger partial charge in [-0.2, -0.15) is 15.8 Å². The normalized spacial score (nSPS) is 29.9. The maximum Gasteiger partial charge on any atom is 0.187 e. The first-order valence-electron chi connectivity index (χ1n) is 7.84. The van der Waals surface area contributed by atoms with Crippen molar-refractivity contribution in [3.8, 4) is 18.2 Å². The summed E-state index contributed by atoms with van der Waals surface area (Å²) in [5.41, 5.74) is 6.27. The van der Waals surface area contributed by atoms with Crippen molar-refractivity contribution in [2.75, 3.05) is 0 Å². The lowest BCUT2D eigenvalue weighted by molar-refractivity contribution is 0.182. The summed E-state index contributed by atoms with van der Waals surface area (Å²) in [6, 6.07) is 6.47. The third-order valence-electron chi connectivity index (χ3n) is 5.01. The van der Waals surface area contributed by atoms with Crippen LogP contribution in [0.15, 0.2) is 22.9 Å². The molecule has 0 radical (unpaired) electrons. The number of nitrogens with zero attached hydrogens (tertiary/aromatic N) is 3. The Kier molecular flexibility index (Phi) is 4.30. The van der Waals surface area contributed by atoms with Crippen LogP contribution in [-0.2, 0) is 0 Å². The molecule has 0 bridgehead atoms. The van der Waals surface area contributed by atoms with Gasteiger partial charge in [0, 0.05) is 5.92 Å². The molecule has 0 aromatic heterocycles. The summed E-state index contributed by atoms with van der Waals surface area (Å²) in [4.78, 5) is 0. The van der Waals surface area contributed by atoms with Gasteiger partial charge in [-0.25, -0.2) is 0 Å². The van der Waals surface area contributed by atoms with Gasteiger partial charge in [0.25, 0.3) is 0 Å². The topological polar surface area (TPSA) is 97.4 Å². The molecule has 2 N–H and O–H groups in total. The van der Waals surface area contributed by atoms with Gasteiger partial charge in [-0.15, -0.1) is 0 Å². The fourth-order valence-electron chi connectivity index (χ4n) is 3.94. The van der Waals surface area contributed by atoms with Gasteiger partial charge in [-0.3, -0.25) is 0 Å². The molecule has 0 spiro atoms. The smallest absolute Gasteiger partial charge is 0.187 e. The highest BCUT2D eigenvalue weighted by Crippen LogP contribution is 2.53. The molecule has 0 saturated carbocycles. The fourth-order valence-corrected chi connectivity index (χ4v) is 3.94. The number of hydrogen-bond acceptors (Lipinski definition) is 4. The largest absolute Gasteiger partial charge is 0.399 e. The molecule has 22 heavy (non-hydrogen) atoms. The van der Waals surface area contributed by atoms with E-state index in [9.17, 15) is 15.8 Å². The molecule has 0 aromatic rings. The predicted molar refractivity (Wildman–Crippen MR) is 83.4 cm³/mol. The first-order chi connectivity index (χ1) is 10.4. The van der Waals surface area contributed by atoms with Crippen molar-refractivity contribution in [3.63, 3.8) is 0 Å². The minimum absolute atomic E-state index is 0.0763. The van der Waals surface area contributed by atoms with Crippen molar-refractivity contribution in [2.45, 2.75) is 40.0 Å². The van der Waals surface area contributed by atoms with Crippen LogP contribution in [0.2, 0.25) is 0 Å². The van der Waals surface area contributed by atoms with Gasteiger partial charge >= 0.3 is 0 Å². The molecule has 0 amide bonds. The van der Waals surface area contributed by atoms with E-state index >= 15 is 0 Å². The molecule has 0 heterocycles. The number of allylic oxidation sites excluding steroid dienone is 4. The number of nitriles is 3. The van der Waals surface area contributed by atoms with Crippen LogP contribution in [0.5, 0.6) is 0 Å². The zero-order valence-electron chi connectivity index (χ0n) is 13.4. The highest BCUT2D eigenvalue weighted by atomic mass is 14.7. The Labute approximate surface area is 132 Å². The summed E-state index contributed by atoms with van der Waals surface area (Å²) < 4.78 is 0. The molecule has 2 rings (SSSR count). The van der Waals surface area contributed by atoms with Crippen molar-refractivity contribution in [1.82, 2.24) is 0 Å². The third kappa shape index (κ3) is 2.28. The predicted octanol–water partition coefficient (Wildman–Crippen LogP) is 3.40. The summed E-state index contributed by atoms with van der Waals surface area (Å²) in [5.74, 6) is 0.791. The van der Waals surface area contributed by atoms with Crippen molar-refractivity contribution in [1.29, 1.82) is 15.8 Å². The van der Waals surface area contributed by atoms with E-state index in [1.807, 2.05) is 0 Å². The summed E-state index contributed by atoms with van der Waals surface area (Å²) in [6.07, 6.45) is 4.68. The lowest BCUT2D eigenvalue weighted by Gasteiger charge is -2.45. The zero-order chi connectivity index (χ0) is 16.5. The molecular formula is C18H22N4. The molecule has 0 aromatic carbocycles. The van der Waals surface area contributed by atoms with E-state index in [1.165, 1.54) is 0 Å². The van der Waals surface area contributed by atoms with Crippen LogP contribution in [0.4, 0.5) is 0 Å². The molecular weight excluding hydrogens is 272 g/mol. The van der Waals surface area contributed by atoms with Gasteiger partial charge in [-0.05, 0) is 42.6 Å². The second-order valence-corrected chi connectivity index (χ2v) is 7.01. The van der Waals surface area contributed by atoms with Crippen LogP contribution in [0.25, 0.3) is 0 Å². The number of hydrogen-bond donors (Lipinski definition) is 1. The van der Waals surface area contributed by atoms with Gasteiger partial charge in [0.1, 0.15) is 6.07 Å². The van der Waals surface area contributed by atoms with Crippen LogP contribution < -0.4 is 5.73 Å². The second-order valence-electron chi connectivity index (χ2n) is 7.01. The highest BCUT2D eigenvalue weighted by molar-refractivity contribution is 5.56. The molecule has 2 aliphatic rings. The van der Waals surface area contributed by atoms with E-state index in [0.717, 1.165) is 24.8 Å². The second kappa shape index (κ2) is 5.86. The molecule has 0 aliphatic heterocycles. The molecule has 114 valence electrons. The van der Waals surface area contributed by atoms with E-state index in [2.05, 4.69) is 45.1 Å². The van der Waals surface area contributed by atoms with E-state index < -0.39 is 5.41 Å². The Bertz CT molecular complexity index is 634. The summed E-state index contributed by atoms with van der Waals surface area (Å²) >= 11 is 0. The van der Waals surface area contributed by atoms with Gasteiger partial charge in [0.15, 0.2) is 5.41 Å². The number of nitrogens with two attached hydrogens (primary N) is 1. The van der Waals surface area contributed by atoms with Crippen molar-refractivity contribution in [3.05, 3.63) is 22.9 Å². The average Bonchev–Trinajstić information content (AvgIpc) is 2.49. The number of fused-ring (bicyclic) bond motifs is 1. The van der Waals surface area contributed by atoms with Crippen molar-refractivity contribution in [2.24, 2.45) is 34.8 Å². The van der Waals surface area contributed by atoms with E-state index in [1.54, 1.807) is 0 Å². The zero-order valence-corrected chi connectivity index (χ0v) is 13.4. The fraction of sp³-hybridized carbons (Fsp3) is 0.611. The first kappa shape index (κ1) is 16.1. The standard InChI is InChI=1S/C18H22N4/c1-11(2)6-16-14-7-12(3)4-5-13(14)15(8-19)17(22)18(16,9-20)10-21/h5,11-12,14,16H,4,6-7,22H2,1-3H3/t12-,14+,16-/m1/s1. The van der Waals surface area contributed by atoms with Gasteiger partial charge in [0.2, 0.25) is 0 Å². The Balaban J connectivity index is 2.71. The first-order valence-corrected chi connectivity index (χ1v) is 7.84. The minimum Gasteiger partial charge on any atom is -0.399 e. The third-order valence-corrected chi connectivity index (χ3v) is 5.01. The molecule has 0 saturated heterocycles. The Morgan fingerprint density at radius 2 is 1.95 bits per heavy atom. The molecule has 2 aliphatic carbocycles. The van der Waals surface area contributed by atoms with Gasteiger partial charge < -0.3 is 5.73 Å². The van der Waals surface area contributed by atoms with Crippen molar-refractivity contribution < 1.29 is 0 Å². The molecule has 3 atom stereocenters. The highest BCUT2D eigenvalue weighted by Gasteiger charge is 2.53. The maximum absolute atomic E-state index is 9.75. The van der Waals surface area contributed by atoms with Crippen LogP contribution in [0, 0.1) is 63.1 Å². The Morgan fingerprint density at radius 3 is 2.45 bits per heavy atom. The number of rotatable bonds is 2. The summed E-state index contributed by atoms with van der Waals surface area (Å²) in [6.45, 7) is 6.36. The van der Waals surface area contributed by atoms with E-state index in [-0.39, 0.29) is 17.5 Å². The summed E-state index contributed by atoms with van der Waals surface area (Å²) in [5, 5.41) is 29.0. The molecule has 0 fully saturated rings. The molecule has 4 heteroatoms. The van der Waals surface area contributed by atoms with E-state index in [0.29, 0.717) is 17.4 Å². The monoisotopic (exact) mass is 294 g/mol. The Morgan fingerprint density at radius 1 is 1.32 bits per heavy atom. The average molecular weight is 294 g/mol. The quantitative estimate of drug-likeness (QED) is 0.843. The van der Waals surface area contributed by atoms with Crippen LogP contribution in [0.3, 0.4) is 0 Å². The molecule has 4 nitrogen and oxygen atoms in total. The van der Waals surface area contributed by atoms with Crippen LogP contribution in [-0.4, -0.2) is 0 Å². The SMILES string of the molecule is CC(C)C[C@@H]1[C@H]2C[C@H](C)CC=C2C(C#N)=C(N)C1(C#N)C#N. The van der Waals surface area contributed by atoms with Gasteiger partial charge in [0.05, 0.1) is 23.4 Å². The maximum atomic E-state index is 9.75.